The topological polar surface area (TPSA) is 63.2 Å². The predicted molar refractivity (Wildman–Crippen MR) is 93.5 cm³/mol. The Hall–Kier alpha value is -1.63. The normalized spacial score (nSPS) is 33.3. The molecule has 0 N–H and O–H groups in total. The van der Waals surface area contributed by atoms with Gasteiger partial charge in [-0.25, -0.2) is 0 Å². The first-order valence-electron chi connectivity index (χ1n) is 9.17. The molecule has 0 unspecified atom stereocenters. The number of benzene rings is 1. The van der Waals surface area contributed by atoms with Gasteiger partial charge in [-0.3, -0.25) is 4.79 Å². The molecule has 0 saturated carbocycles. The molecular formula is C20H26O6. The molecule has 26 heavy (non-hydrogen) atoms. The summed E-state index contributed by atoms with van der Waals surface area (Å²) in [5.74, 6) is 1.58. The number of hydrogen-bond acceptors (Lipinski definition) is 6. The molecule has 2 saturated heterocycles. The lowest BCUT2D eigenvalue weighted by Gasteiger charge is -2.38. The minimum absolute atomic E-state index is 0.0286. The Labute approximate surface area is 153 Å². The maximum Gasteiger partial charge on any atom is 0.164 e. The fourth-order valence-corrected chi connectivity index (χ4v) is 4.83. The molecule has 6 nitrogen and oxygen atoms in total. The van der Waals surface area contributed by atoms with Crippen molar-refractivity contribution >= 4 is 5.78 Å². The van der Waals surface area contributed by atoms with Gasteiger partial charge in [-0.1, -0.05) is 0 Å². The number of hydrogen-bond donors (Lipinski definition) is 0. The second-order valence-corrected chi connectivity index (χ2v) is 7.49. The molecule has 1 aromatic rings. The first-order valence-corrected chi connectivity index (χ1v) is 9.17. The Balaban J connectivity index is 1.83. The zero-order valence-electron chi connectivity index (χ0n) is 15.6. The second-order valence-electron chi connectivity index (χ2n) is 7.49. The smallest absolute Gasteiger partial charge is 0.164 e. The zero-order valence-corrected chi connectivity index (χ0v) is 15.6. The van der Waals surface area contributed by atoms with E-state index in [2.05, 4.69) is 0 Å². The van der Waals surface area contributed by atoms with Crippen molar-refractivity contribution in [3.8, 4) is 11.5 Å². The summed E-state index contributed by atoms with van der Waals surface area (Å²) in [5.41, 5.74) is 0.381. The van der Waals surface area contributed by atoms with Gasteiger partial charge in [0.1, 0.15) is 17.1 Å². The van der Waals surface area contributed by atoms with Crippen molar-refractivity contribution in [3.05, 3.63) is 23.3 Å². The van der Waals surface area contributed by atoms with Crippen LogP contribution in [0.4, 0.5) is 0 Å². The number of carbonyl (C=O) groups excluding carboxylic acids is 1. The molecule has 0 amide bonds. The number of fused-ring (bicyclic) bond motifs is 3. The Bertz CT molecular complexity index is 699. The van der Waals surface area contributed by atoms with Crippen LogP contribution in [0, 0.1) is 5.92 Å². The number of carbonyl (C=O) groups is 1. The quantitative estimate of drug-likeness (QED) is 0.824. The molecule has 0 radical (unpaired) electrons. The van der Waals surface area contributed by atoms with Crippen LogP contribution in [-0.2, 0) is 31.2 Å². The van der Waals surface area contributed by atoms with Crippen molar-refractivity contribution in [2.75, 3.05) is 34.0 Å². The molecule has 3 heterocycles. The highest BCUT2D eigenvalue weighted by atomic mass is 16.6. The summed E-state index contributed by atoms with van der Waals surface area (Å²) in [4.78, 5) is 12.7. The molecule has 3 aliphatic rings. The standard InChI is InChI=1S/C20H26O6/c1-13(21)20-12-24-6-4-5-15(20)9-19(26-20)11-25-10-14-7-16(22-2)8-17(23-3)18(14)19/h7-8,15H,4-6,9-12H2,1-3H3/t15-,19-,20+/m0/s1. The predicted octanol–water partition coefficient (Wildman–Crippen LogP) is 2.60. The Kier molecular flexibility index (Phi) is 4.45. The van der Waals surface area contributed by atoms with Crippen LogP contribution in [0.5, 0.6) is 11.5 Å². The van der Waals surface area contributed by atoms with E-state index in [9.17, 15) is 4.79 Å². The van der Waals surface area contributed by atoms with Crippen molar-refractivity contribution in [2.24, 2.45) is 5.92 Å². The SMILES string of the molecule is COc1cc2c(c(OC)c1)[C@@]1(COC2)C[C@@H]2CCCOC[C@]2(C(C)=O)O1. The van der Waals surface area contributed by atoms with Crippen LogP contribution in [0.15, 0.2) is 12.1 Å². The highest BCUT2D eigenvalue weighted by molar-refractivity contribution is 5.86. The van der Waals surface area contributed by atoms with Crippen molar-refractivity contribution in [3.63, 3.8) is 0 Å². The molecule has 2 fully saturated rings. The van der Waals surface area contributed by atoms with E-state index in [1.165, 1.54) is 0 Å². The van der Waals surface area contributed by atoms with E-state index < -0.39 is 11.2 Å². The van der Waals surface area contributed by atoms with Gasteiger partial charge >= 0.3 is 0 Å². The van der Waals surface area contributed by atoms with Gasteiger partial charge in [0.25, 0.3) is 0 Å². The number of ketones is 1. The average molecular weight is 362 g/mol. The van der Waals surface area contributed by atoms with E-state index in [4.69, 9.17) is 23.7 Å². The van der Waals surface area contributed by atoms with Crippen molar-refractivity contribution < 1.29 is 28.5 Å². The van der Waals surface area contributed by atoms with E-state index in [-0.39, 0.29) is 11.7 Å². The molecule has 0 aliphatic carbocycles. The maximum atomic E-state index is 12.7. The van der Waals surface area contributed by atoms with Gasteiger partial charge < -0.3 is 23.7 Å². The van der Waals surface area contributed by atoms with Crippen LogP contribution < -0.4 is 9.47 Å². The highest BCUT2D eigenvalue weighted by Gasteiger charge is 2.61. The molecule has 142 valence electrons. The van der Waals surface area contributed by atoms with Crippen LogP contribution >= 0.6 is 0 Å². The fourth-order valence-electron chi connectivity index (χ4n) is 4.83. The van der Waals surface area contributed by atoms with Gasteiger partial charge in [-0.2, -0.15) is 0 Å². The number of Topliss-reactive ketones (excluding diaryl/α,β-unsaturated/α-hetero) is 1. The first-order chi connectivity index (χ1) is 12.5. The van der Waals surface area contributed by atoms with Crippen molar-refractivity contribution in [2.45, 2.75) is 44.0 Å². The number of methoxy groups -OCH3 is 2. The Morgan fingerprint density at radius 2 is 2.04 bits per heavy atom. The summed E-state index contributed by atoms with van der Waals surface area (Å²) >= 11 is 0. The Morgan fingerprint density at radius 1 is 1.19 bits per heavy atom. The van der Waals surface area contributed by atoms with Gasteiger partial charge in [0.2, 0.25) is 0 Å². The third-order valence-corrected chi connectivity index (χ3v) is 6.03. The van der Waals surface area contributed by atoms with Gasteiger partial charge in [0.15, 0.2) is 11.4 Å². The summed E-state index contributed by atoms with van der Waals surface area (Å²) in [6.45, 7) is 3.48. The van der Waals surface area contributed by atoms with Gasteiger partial charge in [0, 0.05) is 24.2 Å². The molecule has 3 atom stereocenters. The van der Waals surface area contributed by atoms with Gasteiger partial charge in [0.05, 0.1) is 34.0 Å². The summed E-state index contributed by atoms with van der Waals surface area (Å²) in [6.07, 6.45) is 2.58. The molecule has 6 heteroatoms. The Morgan fingerprint density at radius 3 is 2.77 bits per heavy atom. The summed E-state index contributed by atoms with van der Waals surface area (Å²) in [7, 11) is 3.28. The number of rotatable bonds is 3. The first kappa shape index (κ1) is 17.8. The zero-order chi connectivity index (χ0) is 18.4. The molecule has 1 aromatic carbocycles. The largest absolute Gasteiger partial charge is 0.497 e. The van der Waals surface area contributed by atoms with E-state index in [0.29, 0.717) is 26.4 Å². The van der Waals surface area contributed by atoms with Crippen LogP contribution in [-0.4, -0.2) is 45.4 Å². The molecule has 4 rings (SSSR count). The third kappa shape index (κ3) is 2.54. The van der Waals surface area contributed by atoms with Gasteiger partial charge in [-0.15, -0.1) is 0 Å². The van der Waals surface area contributed by atoms with Gasteiger partial charge in [-0.05, 0) is 37.8 Å². The van der Waals surface area contributed by atoms with Crippen LogP contribution in [0.2, 0.25) is 0 Å². The summed E-state index contributed by atoms with van der Waals surface area (Å²) in [6, 6.07) is 3.84. The summed E-state index contributed by atoms with van der Waals surface area (Å²) in [5, 5.41) is 0. The lowest BCUT2D eigenvalue weighted by molar-refractivity contribution is -0.183. The van der Waals surface area contributed by atoms with E-state index in [1.807, 2.05) is 12.1 Å². The summed E-state index contributed by atoms with van der Waals surface area (Å²) < 4.78 is 29.4. The molecule has 0 bridgehead atoms. The second kappa shape index (κ2) is 6.51. The van der Waals surface area contributed by atoms with Crippen LogP contribution in [0.3, 0.4) is 0 Å². The third-order valence-electron chi connectivity index (χ3n) is 6.03. The molecule has 3 aliphatic heterocycles. The monoisotopic (exact) mass is 362 g/mol. The minimum atomic E-state index is -0.903. The molecular weight excluding hydrogens is 336 g/mol. The van der Waals surface area contributed by atoms with E-state index in [1.54, 1.807) is 21.1 Å². The van der Waals surface area contributed by atoms with E-state index >= 15 is 0 Å². The van der Waals surface area contributed by atoms with E-state index in [0.717, 1.165) is 41.9 Å². The average Bonchev–Trinajstić information content (AvgIpc) is 2.82. The fraction of sp³-hybridized carbons (Fsp3) is 0.650. The molecule has 0 aromatic heterocycles. The van der Waals surface area contributed by atoms with Crippen LogP contribution in [0.1, 0.15) is 37.3 Å². The lowest BCUT2D eigenvalue weighted by atomic mass is 9.77. The molecule has 1 spiro atoms. The minimum Gasteiger partial charge on any atom is -0.497 e. The number of ether oxygens (including phenoxy) is 5. The maximum absolute atomic E-state index is 12.7. The van der Waals surface area contributed by atoms with Crippen LogP contribution in [0.25, 0.3) is 0 Å². The van der Waals surface area contributed by atoms with Crippen molar-refractivity contribution in [1.29, 1.82) is 0 Å². The highest BCUT2D eigenvalue weighted by Crippen LogP contribution is 2.56. The van der Waals surface area contributed by atoms with Crippen molar-refractivity contribution in [1.82, 2.24) is 0 Å². The lowest BCUT2D eigenvalue weighted by Crippen LogP contribution is -2.48.